The number of hydrogen-bond donors (Lipinski definition) is 2. The summed E-state index contributed by atoms with van der Waals surface area (Å²) in [7, 11) is 3.34. The molecule has 2 aromatic rings. The molecule has 0 atom stereocenters. The van der Waals surface area contributed by atoms with E-state index in [1.54, 1.807) is 14.2 Å². The molecule has 0 fully saturated rings. The summed E-state index contributed by atoms with van der Waals surface area (Å²) in [6.07, 6.45) is 3.33. The first-order valence-corrected chi connectivity index (χ1v) is 11.2. The second kappa shape index (κ2) is 14.3. The van der Waals surface area contributed by atoms with Gasteiger partial charge in [0, 0.05) is 12.3 Å². The Bertz CT molecular complexity index is 652. The van der Waals surface area contributed by atoms with Crippen molar-refractivity contribution >= 4 is 11.8 Å². The van der Waals surface area contributed by atoms with E-state index < -0.39 is 0 Å². The highest BCUT2D eigenvalue weighted by Gasteiger charge is 2.04. The van der Waals surface area contributed by atoms with Gasteiger partial charge < -0.3 is 20.1 Å². The molecule has 0 heterocycles. The summed E-state index contributed by atoms with van der Waals surface area (Å²) in [5.41, 5.74) is 2.67. The van der Waals surface area contributed by atoms with E-state index in [0.29, 0.717) is 0 Å². The SMILES string of the molecule is COc1ccc(CCNCCSCCCNCCc2ccccc2)cc1OC. The summed E-state index contributed by atoms with van der Waals surface area (Å²) in [5.74, 6) is 3.96. The molecule has 0 unspecified atom stereocenters. The van der Waals surface area contributed by atoms with Gasteiger partial charge in [-0.2, -0.15) is 11.8 Å². The Morgan fingerprint density at radius 2 is 1.43 bits per heavy atom. The van der Waals surface area contributed by atoms with Crippen LogP contribution in [0, 0.1) is 0 Å². The second-order valence-corrected chi connectivity index (χ2v) is 7.87. The van der Waals surface area contributed by atoms with Gasteiger partial charge in [0.05, 0.1) is 14.2 Å². The number of ether oxygens (including phenoxy) is 2. The monoisotopic (exact) mass is 402 g/mol. The Kier molecular flexibility index (Phi) is 11.6. The maximum absolute atomic E-state index is 5.35. The Hall–Kier alpha value is -1.69. The Balaban J connectivity index is 1.41. The van der Waals surface area contributed by atoms with Crippen LogP contribution in [0.4, 0.5) is 0 Å². The molecule has 0 aliphatic carbocycles. The first-order valence-electron chi connectivity index (χ1n) is 10.1. The maximum atomic E-state index is 5.35. The van der Waals surface area contributed by atoms with Gasteiger partial charge in [0.15, 0.2) is 11.5 Å². The highest BCUT2D eigenvalue weighted by atomic mass is 32.2. The Morgan fingerprint density at radius 3 is 2.18 bits per heavy atom. The third-order valence-corrected chi connectivity index (χ3v) is 5.61. The second-order valence-electron chi connectivity index (χ2n) is 6.64. The summed E-state index contributed by atoms with van der Waals surface area (Å²) >= 11 is 2.03. The molecule has 0 spiro atoms. The van der Waals surface area contributed by atoms with Gasteiger partial charge in [-0.15, -0.1) is 0 Å². The minimum Gasteiger partial charge on any atom is -0.493 e. The van der Waals surface area contributed by atoms with Gasteiger partial charge >= 0.3 is 0 Å². The topological polar surface area (TPSA) is 42.5 Å². The molecule has 0 aliphatic rings. The fourth-order valence-corrected chi connectivity index (χ4v) is 3.78. The largest absolute Gasteiger partial charge is 0.493 e. The van der Waals surface area contributed by atoms with Gasteiger partial charge in [0.1, 0.15) is 0 Å². The number of benzene rings is 2. The number of hydrogen-bond acceptors (Lipinski definition) is 5. The molecule has 0 radical (unpaired) electrons. The van der Waals surface area contributed by atoms with Crippen molar-refractivity contribution < 1.29 is 9.47 Å². The lowest BCUT2D eigenvalue weighted by molar-refractivity contribution is 0.354. The van der Waals surface area contributed by atoms with E-state index in [1.165, 1.54) is 23.3 Å². The quantitative estimate of drug-likeness (QED) is 0.444. The lowest BCUT2D eigenvalue weighted by Gasteiger charge is -2.10. The zero-order valence-corrected chi connectivity index (χ0v) is 18.0. The van der Waals surface area contributed by atoms with Gasteiger partial charge in [-0.25, -0.2) is 0 Å². The molecule has 5 heteroatoms. The number of rotatable bonds is 15. The molecule has 0 saturated heterocycles. The van der Waals surface area contributed by atoms with Crippen LogP contribution < -0.4 is 20.1 Å². The van der Waals surface area contributed by atoms with Crippen LogP contribution in [-0.4, -0.2) is 51.9 Å². The van der Waals surface area contributed by atoms with Gasteiger partial charge in [-0.1, -0.05) is 36.4 Å². The molecule has 0 amide bonds. The van der Waals surface area contributed by atoms with E-state index in [1.807, 2.05) is 17.8 Å². The molecule has 154 valence electrons. The number of nitrogens with one attached hydrogen (secondary N) is 2. The molecule has 4 nitrogen and oxygen atoms in total. The molecule has 2 rings (SSSR count). The van der Waals surface area contributed by atoms with Gasteiger partial charge in [0.2, 0.25) is 0 Å². The van der Waals surface area contributed by atoms with Crippen LogP contribution in [0.3, 0.4) is 0 Å². The van der Waals surface area contributed by atoms with Gasteiger partial charge in [0.25, 0.3) is 0 Å². The normalized spacial score (nSPS) is 10.8. The molecule has 28 heavy (non-hydrogen) atoms. The standard InChI is InChI=1S/C23H34N2O2S/c1-26-22-10-9-21(19-23(22)27-2)12-15-25-16-18-28-17-6-13-24-14-11-20-7-4-3-5-8-20/h3-5,7-10,19,24-25H,6,11-18H2,1-2H3. The first kappa shape index (κ1) is 22.6. The molecule has 0 bridgehead atoms. The van der Waals surface area contributed by atoms with Crippen LogP contribution in [0.2, 0.25) is 0 Å². The van der Waals surface area contributed by atoms with Crippen molar-refractivity contribution in [3.63, 3.8) is 0 Å². The van der Waals surface area contributed by atoms with Crippen LogP contribution >= 0.6 is 11.8 Å². The number of thioether (sulfide) groups is 1. The zero-order valence-electron chi connectivity index (χ0n) is 17.2. The van der Waals surface area contributed by atoms with Crippen LogP contribution in [-0.2, 0) is 12.8 Å². The lowest BCUT2D eigenvalue weighted by atomic mass is 10.1. The first-order chi connectivity index (χ1) is 13.8. The van der Waals surface area contributed by atoms with Crippen LogP contribution in [0.1, 0.15) is 17.5 Å². The molecule has 0 aliphatic heterocycles. The lowest BCUT2D eigenvalue weighted by Crippen LogP contribution is -2.21. The average molecular weight is 403 g/mol. The van der Waals surface area contributed by atoms with Crippen LogP contribution in [0.25, 0.3) is 0 Å². The summed E-state index contributed by atoms with van der Waals surface area (Å²) in [5, 5.41) is 7.05. The maximum Gasteiger partial charge on any atom is 0.160 e. The molecular formula is C23H34N2O2S. The highest BCUT2D eigenvalue weighted by Crippen LogP contribution is 2.27. The summed E-state index contributed by atoms with van der Waals surface area (Å²) in [6, 6.07) is 16.8. The highest BCUT2D eigenvalue weighted by molar-refractivity contribution is 7.99. The van der Waals surface area contributed by atoms with Crippen molar-refractivity contribution in [3.05, 3.63) is 59.7 Å². The van der Waals surface area contributed by atoms with Crippen molar-refractivity contribution in [3.8, 4) is 11.5 Å². The predicted octanol–water partition coefficient (Wildman–Crippen LogP) is 3.79. The van der Waals surface area contributed by atoms with E-state index >= 15 is 0 Å². The zero-order chi connectivity index (χ0) is 19.9. The Morgan fingerprint density at radius 1 is 0.714 bits per heavy atom. The molecule has 2 N–H and O–H groups in total. The van der Waals surface area contributed by atoms with Crippen LogP contribution in [0.15, 0.2) is 48.5 Å². The molecule has 0 saturated carbocycles. The van der Waals surface area contributed by atoms with Crippen molar-refractivity contribution in [1.82, 2.24) is 10.6 Å². The van der Waals surface area contributed by atoms with Crippen molar-refractivity contribution in [2.75, 3.05) is 51.9 Å². The van der Waals surface area contributed by atoms with E-state index in [2.05, 4.69) is 53.1 Å². The van der Waals surface area contributed by atoms with E-state index in [4.69, 9.17) is 9.47 Å². The minimum atomic E-state index is 0.783. The molecule has 0 aromatic heterocycles. The van der Waals surface area contributed by atoms with Crippen molar-refractivity contribution in [1.29, 1.82) is 0 Å². The van der Waals surface area contributed by atoms with Gasteiger partial charge in [-0.05, 0) is 67.9 Å². The molecular weight excluding hydrogens is 368 g/mol. The van der Waals surface area contributed by atoms with Crippen molar-refractivity contribution in [2.24, 2.45) is 0 Å². The number of methoxy groups -OCH3 is 2. The average Bonchev–Trinajstić information content (AvgIpc) is 2.75. The van der Waals surface area contributed by atoms with E-state index in [-0.39, 0.29) is 0 Å². The summed E-state index contributed by atoms with van der Waals surface area (Å²) in [6.45, 7) is 4.20. The summed E-state index contributed by atoms with van der Waals surface area (Å²) < 4.78 is 10.6. The fourth-order valence-electron chi connectivity index (χ4n) is 2.94. The smallest absolute Gasteiger partial charge is 0.160 e. The molecule has 2 aromatic carbocycles. The van der Waals surface area contributed by atoms with Crippen molar-refractivity contribution in [2.45, 2.75) is 19.3 Å². The fraction of sp³-hybridized carbons (Fsp3) is 0.478. The predicted molar refractivity (Wildman–Crippen MR) is 121 cm³/mol. The van der Waals surface area contributed by atoms with E-state index in [9.17, 15) is 0 Å². The van der Waals surface area contributed by atoms with Crippen LogP contribution in [0.5, 0.6) is 11.5 Å². The summed E-state index contributed by atoms with van der Waals surface area (Å²) in [4.78, 5) is 0. The Labute approximate surface area is 174 Å². The van der Waals surface area contributed by atoms with E-state index in [0.717, 1.165) is 56.3 Å². The third-order valence-electron chi connectivity index (χ3n) is 4.54. The minimum absolute atomic E-state index is 0.783. The van der Waals surface area contributed by atoms with Gasteiger partial charge in [-0.3, -0.25) is 0 Å². The third kappa shape index (κ3) is 9.00.